The number of fused-ring (bicyclic) bond motifs is 1. The van der Waals surface area contributed by atoms with Gasteiger partial charge in [0.1, 0.15) is 22.0 Å². The summed E-state index contributed by atoms with van der Waals surface area (Å²) in [6, 6.07) is 9.24. The molecule has 3 aromatic rings. The Balaban J connectivity index is 2.19. The van der Waals surface area contributed by atoms with Crippen LogP contribution in [0.4, 0.5) is 0 Å². The number of ketones is 1. The summed E-state index contributed by atoms with van der Waals surface area (Å²) in [5.74, 6) is 0.750. The molecular formula is C19H18ClNO5S. The molecule has 3 rings (SSSR count). The van der Waals surface area contributed by atoms with E-state index in [1.807, 2.05) is 13.8 Å². The van der Waals surface area contributed by atoms with E-state index in [1.165, 1.54) is 18.2 Å². The van der Waals surface area contributed by atoms with E-state index in [9.17, 15) is 13.2 Å². The van der Waals surface area contributed by atoms with Crippen LogP contribution in [-0.2, 0) is 16.4 Å². The first kappa shape index (κ1) is 19.4. The number of rotatable bonds is 6. The lowest BCUT2D eigenvalue weighted by Gasteiger charge is -2.07. The fourth-order valence-corrected chi connectivity index (χ4v) is 3.96. The van der Waals surface area contributed by atoms with Crippen LogP contribution in [0.5, 0.6) is 5.75 Å². The number of ether oxygens (including phenoxy) is 1. The smallest absolute Gasteiger partial charge is 0.239 e. The molecule has 27 heavy (non-hydrogen) atoms. The number of hydrogen-bond donors (Lipinski definition) is 1. The lowest BCUT2D eigenvalue weighted by Crippen LogP contribution is -2.14. The van der Waals surface area contributed by atoms with Crippen LogP contribution in [0, 0.1) is 0 Å². The molecule has 0 spiro atoms. The number of nitrogens with two attached hydrogens (primary N) is 1. The number of primary sulfonamides is 1. The molecule has 0 amide bonds. The summed E-state index contributed by atoms with van der Waals surface area (Å²) in [6.45, 7) is 4.23. The summed E-state index contributed by atoms with van der Waals surface area (Å²) >= 11 is 5.91. The molecule has 0 aliphatic rings. The van der Waals surface area contributed by atoms with Crippen LogP contribution in [0.2, 0.25) is 5.02 Å². The molecular weight excluding hydrogens is 390 g/mol. The molecule has 0 aliphatic carbocycles. The zero-order valence-electron chi connectivity index (χ0n) is 14.8. The maximum atomic E-state index is 13.2. The van der Waals surface area contributed by atoms with E-state index < -0.39 is 10.0 Å². The van der Waals surface area contributed by atoms with Crippen molar-refractivity contribution in [1.29, 1.82) is 0 Å². The molecule has 0 radical (unpaired) electrons. The Morgan fingerprint density at radius 2 is 1.93 bits per heavy atom. The zero-order chi connectivity index (χ0) is 19.8. The molecule has 0 saturated heterocycles. The first-order valence-corrected chi connectivity index (χ1v) is 10.2. The molecule has 6 nitrogen and oxygen atoms in total. The van der Waals surface area contributed by atoms with Crippen LogP contribution in [0.3, 0.4) is 0 Å². The van der Waals surface area contributed by atoms with Crippen LogP contribution in [0.1, 0.15) is 35.5 Å². The fourth-order valence-electron chi connectivity index (χ4n) is 2.89. The van der Waals surface area contributed by atoms with Gasteiger partial charge in [0.2, 0.25) is 10.0 Å². The number of furan rings is 1. The Bertz CT molecular complexity index is 1130. The highest BCUT2D eigenvalue weighted by atomic mass is 35.5. The molecule has 0 bridgehead atoms. The van der Waals surface area contributed by atoms with Crippen molar-refractivity contribution in [3.8, 4) is 5.75 Å². The lowest BCUT2D eigenvalue weighted by atomic mass is 9.99. The highest BCUT2D eigenvalue weighted by molar-refractivity contribution is 7.89. The lowest BCUT2D eigenvalue weighted by molar-refractivity contribution is 0.103. The SMILES string of the molecule is CCOc1ccc2oc(CC)c(C(=O)c3ccc(Cl)c(S(N)(=O)=O)c3)c2c1. The van der Waals surface area contributed by atoms with Crippen LogP contribution >= 0.6 is 11.6 Å². The molecule has 0 aliphatic heterocycles. The Labute approximate surface area is 161 Å². The van der Waals surface area contributed by atoms with Gasteiger partial charge in [0.25, 0.3) is 0 Å². The minimum absolute atomic E-state index is 0.0413. The second-order valence-corrected chi connectivity index (χ2v) is 7.80. The summed E-state index contributed by atoms with van der Waals surface area (Å²) in [5.41, 5.74) is 1.08. The van der Waals surface area contributed by atoms with Gasteiger partial charge in [-0.25, -0.2) is 13.6 Å². The quantitative estimate of drug-likeness (QED) is 0.624. The van der Waals surface area contributed by atoms with Gasteiger partial charge in [0.15, 0.2) is 5.78 Å². The van der Waals surface area contributed by atoms with E-state index in [0.29, 0.717) is 41.1 Å². The van der Waals surface area contributed by atoms with Gasteiger partial charge >= 0.3 is 0 Å². The minimum Gasteiger partial charge on any atom is -0.494 e. The van der Waals surface area contributed by atoms with E-state index in [-0.39, 0.29) is 21.3 Å². The van der Waals surface area contributed by atoms with Crippen LogP contribution < -0.4 is 9.88 Å². The van der Waals surface area contributed by atoms with Crippen molar-refractivity contribution in [3.05, 3.63) is 58.3 Å². The topological polar surface area (TPSA) is 99.6 Å². The number of benzene rings is 2. The summed E-state index contributed by atoms with van der Waals surface area (Å²) in [7, 11) is -4.06. The Morgan fingerprint density at radius 3 is 2.56 bits per heavy atom. The van der Waals surface area contributed by atoms with Gasteiger partial charge in [-0.3, -0.25) is 4.79 Å². The second kappa shape index (κ2) is 7.34. The number of sulfonamides is 1. The van der Waals surface area contributed by atoms with E-state index in [4.69, 9.17) is 25.9 Å². The largest absolute Gasteiger partial charge is 0.494 e. The van der Waals surface area contributed by atoms with Crippen molar-refractivity contribution in [1.82, 2.24) is 0 Å². The van der Waals surface area contributed by atoms with E-state index in [0.717, 1.165) is 0 Å². The van der Waals surface area contributed by atoms with Gasteiger partial charge in [0, 0.05) is 17.4 Å². The average Bonchev–Trinajstić information content (AvgIpc) is 2.98. The van der Waals surface area contributed by atoms with Crippen molar-refractivity contribution in [3.63, 3.8) is 0 Å². The molecule has 0 atom stereocenters. The van der Waals surface area contributed by atoms with Crippen LogP contribution in [0.15, 0.2) is 45.7 Å². The van der Waals surface area contributed by atoms with Crippen LogP contribution in [0.25, 0.3) is 11.0 Å². The predicted molar refractivity (Wildman–Crippen MR) is 103 cm³/mol. The standard InChI is InChI=1S/C19H18ClNO5S/c1-3-15-18(13-10-12(25-4-2)6-8-16(13)26-15)19(22)11-5-7-14(20)17(9-11)27(21,23)24/h5-10H,3-4H2,1-2H3,(H2,21,23,24). The molecule has 2 N–H and O–H groups in total. The first-order valence-electron chi connectivity index (χ1n) is 8.31. The molecule has 0 fully saturated rings. The van der Waals surface area contributed by atoms with Crippen molar-refractivity contribution in [2.45, 2.75) is 25.2 Å². The van der Waals surface area contributed by atoms with Gasteiger partial charge in [-0.15, -0.1) is 0 Å². The fraction of sp³-hybridized carbons (Fsp3) is 0.211. The molecule has 142 valence electrons. The van der Waals surface area contributed by atoms with Crippen molar-refractivity contribution in [2.75, 3.05) is 6.61 Å². The molecule has 1 aromatic heterocycles. The van der Waals surface area contributed by atoms with Crippen molar-refractivity contribution >= 4 is 38.4 Å². The minimum atomic E-state index is -4.06. The van der Waals surface area contributed by atoms with Gasteiger partial charge in [0.05, 0.1) is 17.2 Å². The number of carbonyl (C=O) groups is 1. The molecule has 0 unspecified atom stereocenters. The average molecular weight is 408 g/mol. The first-order chi connectivity index (χ1) is 12.8. The van der Waals surface area contributed by atoms with E-state index >= 15 is 0 Å². The summed E-state index contributed by atoms with van der Waals surface area (Å²) in [4.78, 5) is 12.9. The van der Waals surface area contributed by atoms with Crippen molar-refractivity contribution < 1.29 is 22.4 Å². The molecule has 2 aromatic carbocycles. The maximum Gasteiger partial charge on any atom is 0.239 e. The summed E-state index contributed by atoms with van der Waals surface area (Å²) < 4.78 is 34.7. The van der Waals surface area contributed by atoms with E-state index in [1.54, 1.807) is 18.2 Å². The third-order valence-electron chi connectivity index (χ3n) is 4.09. The number of aryl methyl sites for hydroxylation is 1. The Hall–Kier alpha value is -2.35. The predicted octanol–water partition coefficient (Wildman–Crippen LogP) is 3.93. The van der Waals surface area contributed by atoms with Gasteiger partial charge in [-0.2, -0.15) is 0 Å². The number of hydrogen-bond acceptors (Lipinski definition) is 5. The van der Waals surface area contributed by atoms with Gasteiger partial charge < -0.3 is 9.15 Å². The van der Waals surface area contributed by atoms with Crippen LogP contribution in [-0.4, -0.2) is 20.8 Å². The van der Waals surface area contributed by atoms with Gasteiger partial charge in [-0.05, 0) is 43.3 Å². The monoisotopic (exact) mass is 407 g/mol. The van der Waals surface area contributed by atoms with Crippen molar-refractivity contribution in [2.24, 2.45) is 5.14 Å². The third kappa shape index (κ3) is 3.71. The molecule has 1 heterocycles. The zero-order valence-corrected chi connectivity index (χ0v) is 16.4. The summed E-state index contributed by atoms with van der Waals surface area (Å²) in [5, 5.41) is 5.75. The Kier molecular flexibility index (Phi) is 5.28. The van der Waals surface area contributed by atoms with E-state index in [2.05, 4.69) is 0 Å². The summed E-state index contributed by atoms with van der Waals surface area (Å²) in [6.07, 6.45) is 0.495. The molecule has 8 heteroatoms. The number of carbonyl (C=O) groups excluding carboxylic acids is 1. The normalized spacial score (nSPS) is 11.7. The molecule has 0 saturated carbocycles. The third-order valence-corrected chi connectivity index (χ3v) is 5.48. The second-order valence-electron chi connectivity index (χ2n) is 5.86. The Morgan fingerprint density at radius 1 is 1.19 bits per heavy atom. The highest BCUT2D eigenvalue weighted by Gasteiger charge is 2.24. The maximum absolute atomic E-state index is 13.2. The highest BCUT2D eigenvalue weighted by Crippen LogP contribution is 2.32. The number of halogens is 1. The van der Waals surface area contributed by atoms with Gasteiger partial charge in [-0.1, -0.05) is 18.5 Å².